The lowest BCUT2D eigenvalue weighted by atomic mass is 10.0. The molecule has 0 saturated heterocycles. The van der Waals surface area contributed by atoms with Crippen LogP contribution in [-0.4, -0.2) is 65.7 Å². The number of nitrogens with zero attached hydrogens (tertiary/aromatic N) is 1. The second-order valence-corrected chi connectivity index (χ2v) is 9.30. The molecular weight excluding hydrogens is 442 g/mol. The van der Waals surface area contributed by atoms with Crippen molar-refractivity contribution < 1.29 is 22.7 Å². The van der Waals surface area contributed by atoms with Gasteiger partial charge in [0.25, 0.3) is 0 Å². The highest BCUT2D eigenvalue weighted by Crippen LogP contribution is 2.29. The number of ether oxygens (including phenoxy) is 2. The second-order valence-electron chi connectivity index (χ2n) is 7.53. The zero-order valence-electron chi connectivity index (χ0n) is 19.8. The van der Waals surface area contributed by atoms with Gasteiger partial charge in [-0.2, -0.15) is 0 Å². The summed E-state index contributed by atoms with van der Waals surface area (Å²) in [4.78, 5) is 14.8. The number of sulfonamides is 1. The molecule has 0 aliphatic rings. The van der Waals surface area contributed by atoms with Crippen molar-refractivity contribution in [3.05, 3.63) is 54.1 Å². The first-order valence-corrected chi connectivity index (χ1v) is 12.6. The molecule has 1 unspecified atom stereocenters. The van der Waals surface area contributed by atoms with Crippen molar-refractivity contribution in [2.24, 2.45) is 0 Å². The zero-order chi connectivity index (χ0) is 24.3. The minimum absolute atomic E-state index is 0.00284. The molecule has 0 aromatic heterocycles. The van der Waals surface area contributed by atoms with Gasteiger partial charge in [0.1, 0.15) is 0 Å². The molecule has 33 heavy (non-hydrogen) atoms. The van der Waals surface area contributed by atoms with Gasteiger partial charge in [-0.05, 0) is 37.2 Å². The van der Waals surface area contributed by atoms with Crippen LogP contribution in [0.25, 0.3) is 0 Å². The third-order valence-electron chi connectivity index (χ3n) is 5.49. The van der Waals surface area contributed by atoms with E-state index in [9.17, 15) is 13.2 Å². The molecule has 0 saturated carbocycles. The molecule has 1 amide bonds. The molecule has 0 aliphatic heterocycles. The predicted octanol–water partition coefficient (Wildman–Crippen LogP) is 2.44. The van der Waals surface area contributed by atoms with Crippen molar-refractivity contribution in [1.82, 2.24) is 14.9 Å². The van der Waals surface area contributed by atoms with Crippen LogP contribution in [0.5, 0.6) is 11.5 Å². The Morgan fingerprint density at radius 2 is 1.67 bits per heavy atom. The Bertz CT molecular complexity index is 979. The van der Waals surface area contributed by atoms with E-state index >= 15 is 0 Å². The minimum Gasteiger partial charge on any atom is -0.493 e. The molecule has 0 radical (unpaired) electrons. The summed E-state index contributed by atoms with van der Waals surface area (Å²) in [6.45, 7) is 6.47. The number of amides is 1. The normalized spacial score (nSPS) is 12.4. The molecule has 1 atom stereocenters. The van der Waals surface area contributed by atoms with Crippen LogP contribution in [0.2, 0.25) is 0 Å². The molecule has 0 spiro atoms. The molecule has 2 N–H and O–H groups in total. The molecular formula is C24H35N3O5S. The molecule has 0 heterocycles. The lowest BCUT2D eigenvalue weighted by Crippen LogP contribution is -2.45. The number of rotatable bonds is 14. The predicted molar refractivity (Wildman–Crippen MR) is 129 cm³/mol. The lowest BCUT2D eigenvalue weighted by Gasteiger charge is -2.30. The first kappa shape index (κ1) is 26.6. The van der Waals surface area contributed by atoms with E-state index < -0.39 is 10.0 Å². The largest absolute Gasteiger partial charge is 0.493 e. The number of carbonyl (C=O) groups is 1. The average molecular weight is 478 g/mol. The fourth-order valence-electron chi connectivity index (χ4n) is 3.64. The Balaban J connectivity index is 1.90. The van der Waals surface area contributed by atoms with Crippen molar-refractivity contribution in [2.75, 3.05) is 40.4 Å². The number of hydrogen-bond donors (Lipinski definition) is 2. The topological polar surface area (TPSA) is 97.0 Å². The van der Waals surface area contributed by atoms with E-state index in [1.807, 2.05) is 18.2 Å². The van der Waals surface area contributed by atoms with E-state index in [1.165, 1.54) is 38.0 Å². The SMILES string of the molecule is CCN(CC)C(CNC(=O)CCNS(=O)(=O)c1ccc(OC)c(OC)c1)Cc1ccccc1. The Hall–Kier alpha value is -2.62. The standard InChI is InChI=1S/C24H35N3O5S/c1-5-27(6-2)20(16-19-10-8-7-9-11-19)18-25-24(28)14-15-26-33(29,30)21-12-13-22(31-3)23(17-21)32-4/h7-13,17,20,26H,5-6,14-16,18H2,1-4H3,(H,25,28). The van der Waals surface area contributed by atoms with Gasteiger partial charge in [-0.15, -0.1) is 0 Å². The van der Waals surface area contributed by atoms with Gasteiger partial charge >= 0.3 is 0 Å². The monoisotopic (exact) mass is 477 g/mol. The van der Waals surface area contributed by atoms with Crippen LogP contribution in [0.4, 0.5) is 0 Å². The molecule has 8 nitrogen and oxygen atoms in total. The number of hydrogen-bond acceptors (Lipinski definition) is 6. The fourth-order valence-corrected chi connectivity index (χ4v) is 4.69. The van der Waals surface area contributed by atoms with Gasteiger partial charge < -0.3 is 14.8 Å². The summed E-state index contributed by atoms with van der Waals surface area (Å²) in [5, 5.41) is 2.96. The van der Waals surface area contributed by atoms with Crippen LogP contribution in [0.15, 0.2) is 53.4 Å². The quantitative estimate of drug-likeness (QED) is 0.434. The van der Waals surface area contributed by atoms with Gasteiger partial charge in [0, 0.05) is 31.6 Å². The molecule has 2 aromatic carbocycles. The maximum atomic E-state index is 12.6. The van der Waals surface area contributed by atoms with Crippen LogP contribution in [0.1, 0.15) is 25.8 Å². The first-order chi connectivity index (χ1) is 15.8. The Kier molecular flexibility index (Phi) is 10.6. The van der Waals surface area contributed by atoms with E-state index in [-0.39, 0.29) is 29.8 Å². The third kappa shape index (κ3) is 8.03. The summed E-state index contributed by atoms with van der Waals surface area (Å²) >= 11 is 0. The van der Waals surface area contributed by atoms with Gasteiger partial charge in [0.05, 0.1) is 19.1 Å². The molecule has 0 bridgehead atoms. The average Bonchev–Trinajstić information content (AvgIpc) is 2.83. The van der Waals surface area contributed by atoms with Crippen molar-refractivity contribution >= 4 is 15.9 Å². The van der Waals surface area contributed by atoms with Gasteiger partial charge in [0.15, 0.2) is 11.5 Å². The number of carbonyl (C=O) groups excluding carboxylic acids is 1. The van der Waals surface area contributed by atoms with Gasteiger partial charge in [-0.1, -0.05) is 44.2 Å². The summed E-state index contributed by atoms with van der Waals surface area (Å²) in [6, 6.07) is 14.7. The summed E-state index contributed by atoms with van der Waals surface area (Å²) in [5.41, 5.74) is 1.21. The van der Waals surface area contributed by atoms with Gasteiger partial charge in [0.2, 0.25) is 15.9 Å². The lowest BCUT2D eigenvalue weighted by molar-refractivity contribution is -0.121. The smallest absolute Gasteiger partial charge is 0.240 e. The summed E-state index contributed by atoms with van der Waals surface area (Å²) in [6.07, 6.45) is 0.873. The Morgan fingerprint density at radius 1 is 1.00 bits per heavy atom. The third-order valence-corrected chi connectivity index (χ3v) is 6.95. The highest BCUT2D eigenvalue weighted by atomic mass is 32.2. The second kappa shape index (κ2) is 13.2. The summed E-state index contributed by atoms with van der Waals surface area (Å²) in [7, 11) is -0.861. The molecule has 0 fully saturated rings. The van der Waals surface area contributed by atoms with Gasteiger partial charge in [-0.3, -0.25) is 9.69 Å². The number of nitrogens with one attached hydrogen (secondary N) is 2. The molecule has 9 heteroatoms. The summed E-state index contributed by atoms with van der Waals surface area (Å²) in [5.74, 6) is 0.559. The van der Waals surface area contributed by atoms with E-state index in [2.05, 4.69) is 40.9 Å². The fraction of sp³-hybridized carbons (Fsp3) is 0.458. The van der Waals surface area contributed by atoms with Crippen LogP contribution in [-0.2, 0) is 21.2 Å². The van der Waals surface area contributed by atoms with E-state index in [0.717, 1.165) is 19.5 Å². The van der Waals surface area contributed by atoms with Crippen molar-refractivity contribution in [1.29, 1.82) is 0 Å². The van der Waals surface area contributed by atoms with Crippen LogP contribution in [0, 0.1) is 0 Å². The van der Waals surface area contributed by atoms with Crippen LogP contribution in [0.3, 0.4) is 0 Å². The Labute approximate surface area is 197 Å². The molecule has 0 aliphatic carbocycles. The maximum absolute atomic E-state index is 12.6. The number of likely N-dealkylation sites (N-methyl/N-ethyl adjacent to an activating group) is 1. The molecule has 2 aromatic rings. The summed E-state index contributed by atoms with van der Waals surface area (Å²) < 4.78 is 37.9. The first-order valence-electron chi connectivity index (χ1n) is 11.1. The maximum Gasteiger partial charge on any atom is 0.240 e. The van der Waals surface area contributed by atoms with Crippen molar-refractivity contribution in [3.63, 3.8) is 0 Å². The Morgan fingerprint density at radius 3 is 2.27 bits per heavy atom. The highest BCUT2D eigenvalue weighted by Gasteiger charge is 2.19. The van der Waals surface area contributed by atoms with Crippen LogP contribution < -0.4 is 19.5 Å². The molecule has 182 valence electrons. The van der Waals surface area contributed by atoms with E-state index in [4.69, 9.17) is 9.47 Å². The number of benzene rings is 2. The van der Waals surface area contributed by atoms with Gasteiger partial charge in [-0.25, -0.2) is 13.1 Å². The van der Waals surface area contributed by atoms with Crippen LogP contribution >= 0.6 is 0 Å². The van der Waals surface area contributed by atoms with E-state index in [1.54, 1.807) is 0 Å². The van der Waals surface area contributed by atoms with E-state index in [0.29, 0.717) is 18.0 Å². The van der Waals surface area contributed by atoms with Crippen molar-refractivity contribution in [2.45, 2.75) is 37.6 Å². The highest BCUT2D eigenvalue weighted by molar-refractivity contribution is 7.89. The zero-order valence-corrected chi connectivity index (χ0v) is 20.7. The van der Waals surface area contributed by atoms with Crippen molar-refractivity contribution in [3.8, 4) is 11.5 Å². The minimum atomic E-state index is -3.78. The molecule has 2 rings (SSSR count). The number of methoxy groups -OCH3 is 2.